The van der Waals surface area contributed by atoms with Crippen LogP contribution in [-0.2, 0) is 0 Å². The predicted octanol–water partition coefficient (Wildman–Crippen LogP) is 1.65. The Morgan fingerprint density at radius 3 is 2.79 bits per heavy atom. The maximum atomic E-state index is 11.5. The molecule has 0 atom stereocenters. The van der Waals surface area contributed by atoms with E-state index in [9.17, 15) is 4.79 Å². The van der Waals surface area contributed by atoms with Gasteiger partial charge < -0.3 is 9.51 Å². The van der Waals surface area contributed by atoms with Crippen LogP contribution >= 0.6 is 0 Å². The second-order valence-electron chi connectivity index (χ2n) is 3.11. The van der Waals surface area contributed by atoms with E-state index in [1.54, 1.807) is 25.3 Å². The third kappa shape index (κ3) is 1.25. The number of hydrogen-bond acceptors (Lipinski definition) is 3. The van der Waals surface area contributed by atoms with Crippen LogP contribution in [0, 0.1) is 13.8 Å². The number of hydrogen-bond donors (Lipinski definition) is 1. The van der Waals surface area contributed by atoms with Crippen LogP contribution in [0.1, 0.15) is 11.5 Å². The molecule has 1 N–H and O–H groups in total. The molecule has 0 radical (unpaired) electrons. The molecule has 0 aliphatic carbocycles. The van der Waals surface area contributed by atoms with Gasteiger partial charge in [-0.2, -0.15) is 0 Å². The summed E-state index contributed by atoms with van der Waals surface area (Å²) >= 11 is 0. The second-order valence-corrected chi connectivity index (χ2v) is 3.11. The van der Waals surface area contributed by atoms with Crippen molar-refractivity contribution >= 4 is 0 Å². The van der Waals surface area contributed by atoms with Gasteiger partial charge in [0.05, 0.1) is 16.8 Å². The third-order valence-corrected chi connectivity index (χ3v) is 2.12. The molecule has 14 heavy (non-hydrogen) atoms. The molecule has 0 fully saturated rings. The minimum Gasteiger partial charge on any atom is -0.361 e. The molecule has 0 aliphatic heterocycles. The Morgan fingerprint density at radius 1 is 1.43 bits per heavy atom. The lowest BCUT2D eigenvalue weighted by Gasteiger charge is -1.96. The summed E-state index contributed by atoms with van der Waals surface area (Å²) in [4.78, 5) is 14.1. The fraction of sp³-hybridized carbons (Fsp3) is 0.200. The lowest BCUT2D eigenvalue weighted by atomic mass is 10.1. The number of nitrogens with one attached hydrogen (secondary N) is 1. The van der Waals surface area contributed by atoms with Crippen LogP contribution in [0.15, 0.2) is 27.6 Å². The average Bonchev–Trinajstić information content (AvgIpc) is 2.48. The maximum Gasteiger partial charge on any atom is 0.256 e. The number of pyridine rings is 1. The normalized spacial score (nSPS) is 10.4. The van der Waals surface area contributed by atoms with E-state index in [1.165, 1.54) is 0 Å². The van der Waals surface area contributed by atoms with Crippen molar-refractivity contribution in [1.82, 2.24) is 10.1 Å². The highest BCUT2D eigenvalue weighted by Gasteiger charge is 2.13. The lowest BCUT2D eigenvalue weighted by molar-refractivity contribution is 0.393. The van der Waals surface area contributed by atoms with Gasteiger partial charge in [-0.25, -0.2) is 0 Å². The summed E-state index contributed by atoms with van der Waals surface area (Å²) in [6.07, 6.45) is 1.60. The van der Waals surface area contributed by atoms with E-state index in [-0.39, 0.29) is 5.56 Å². The number of aromatic nitrogens is 2. The van der Waals surface area contributed by atoms with Gasteiger partial charge in [0.15, 0.2) is 0 Å². The van der Waals surface area contributed by atoms with Crippen LogP contribution in [0.2, 0.25) is 0 Å². The van der Waals surface area contributed by atoms with Crippen LogP contribution < -0.4 is 5.56 Å². The van der Waals surface area contributed by atoms with Crippen LogP contribution in [0.5, 0.6) is 0 Å². The molecule has 4 heteroatoms. The van der Waals surface area contributed by atoms with Crippen molar-refractivity contribution in [2.45, 2.75) is 13.8 Å². The van der Waals surface area contributed by atoms with Gasteiger partial charge in [0, 0.05) is 6.20 Å². The van der Waals surface area contributed by atoms with E-state index in [0.717, 1.165) is 11.3 Å². The summed E-state index contributed by atoms with van der Waals surface area (Å²) in [5, 5.41) is 3.81. The van der Waals surface area contributed by atoms with Gasteiger partial charge in [-0.1, -0.05) is 5.16 Å². The molecule has 0 bridgehead atoms. The van der Waals surface area contributed by atoms with E-state index >= 15 is 0 Å². The van der Waals surface area contributed by atoms with Gasteiger partial charge >= 0.3 is 0 Å². The van der Waals surface area contributed by atoms with Gasteiger partial charge in [-0.15, -0.1) is 0 Å². The fourth-order valence-electron chi connectivity index (χ4n) is 1.49. The SMILES string of the molecule is Cc1noc(C)c1-c1ccc[nH]c1=O. The minimum atomic E-state index is -0.123. The summed E-state index contributed by atoms with van der Waals surface area (Å²) in [7, 11) is 0. The third-order valence-electron chi connectivity index (χ3n) is 2.12. The molecule has 2 aromatic heterocycles. The highest BCUT2D eigenvalue weighted by molar-refractivity contribution is 5.66. The highest BCUT2D eigenvalue weighted by Crippen LogP contribution is 2.22. The smallest absolute Gasteiger partial charge is 0.256 e. The Kier molecular flexibility index (Phi) is 1.96. The van der Waals surface area contributed by atoms with Crippen molar-refractivity contribution in [3.05, 3.63) is 40.1 Å². The van der Waals surface area contributed by atoms with Gasteiger partial charge in [-0.3, -0.25) is 4.79 Å². The molecule has 72 valence electrons. The molecule has 2 rings (SSSR count). The van der Waals surface area contributed by atoms with Gasteiger partial charge in [0.1, 0.15) is 5.76 Å². The Labute approximate surface area is 80.6 Å². The number of nitrogens with zero attached hydrogens (tertiary/aromatic N) is 1. The van der Waals surface area contributed by atoms with E-state index in [4.69, 9.17) is 4.52 Å². The van der Waals surface area contributed by atoms with E-state index in [2.05, 4.69) is 10.1 Å². The monoisotopic (exact) mass is 190 g/mol. The molecular weight excluding hydrogens is 180 g/mol. The molecule has 4 nitrogen and oxygen atoms in total. The minimum absolute atomic E-state index is 0.123. The first-order valence-corrected chi connectivity index (χ1v) is 4.31. The molecular formula is C10H10N2O2. The largest absolute Gasteiger partial charge is 0.361 e. The zero-order valence-electron chi connectivity index (χ0n) is 8.00. The first-order valence-electron chi connectivity index (χ1n) is 4.31. The van der Waals surface area contributed by atoms with Gasteiger partial charge in [-0.05, 0) is 26.0 Å². The Morgan fingerprint density at radius 2 is 2.21 bits per heavy atom. The molecule has 0 amide bonds. The second kappa shape index (κ2) is 3.14. The van der Waals surface area contributed by atoms with E-state index in [0.29, 0.717) is 11.3 Å². The average molecular weight is 190 g/mol. The van der Waals surface area contributed by atoms with Gasteiger partial charge in [0.2, 0.25) is 0 Å². The fourth-order valence-corrected chi connectivity index (χ4v) is 1.49. The van der Waals surface area contributed by atoms with Crippen LogP contribution in [0.3, 0.4) is 0 Å². The van der Waals surface area contributed by atoms with Crippen LogP contribution in [-0.4, -0.2) is 10.1 Å². The molecule has 0 saturated heterocycles. The standard InChI is InChI=1S/C10H10N2O2/c1-6-9(7(2)14-12-6)8-4-3-5-11-10(8)13/h3-5H,1-2H3,(H,11,13). The summed E-state index contributed by atoms with van der Waals surface area (Å²) in [6.45, 7) is 3.61. The molecule has 2 aromatic rings. The number of aryl methyl sites for hydroxylation is 2. The molecule has 0 saturated carbocycles. The van der Waals surface area contributed by atoms with Gasteiger partial charge in [0.25, 0.3) is 5.56 Å². The number of H-pyrrole nitrogens is 1. The van der Waals surface area contributed by atoms with Crippen LogP contribution in [0.25, 0.3) is 11.1 Å². The van der Waals surface area contributed by atoms with Crippen molar-refractivity contribution in [2.24, 2.45) is 0 Å². The Hall–Kier alpha value is -1.84. The Balaban J connectivity index is 2.72. The van der Waals surface area contributed by atoms with Crippen molar-refractivity contribution in [3.63, 3.8) is 0 Å². The van der Waals surface area contributed by atoms with Crippen LogP contribution in [0.4, 0.5) is 0 Å². The van der Waals surface area contributed by atoms with E-state index in [1.807, 2.05) is 6.92 Å². The molecule has 0 aliphatic rings. The summed E-state index contributed by atoms with van der Waals surface area (Å²) in [5.41, 5.74) is 2.00. The van der Waals surface area contributed by atoms with Crippen molar-refractivity contribution < 1.29 is 4.52 Å². The molecule has 2 heterocycles. The van der Waals surface area contributed by atoms with Crippen molar-refractivity contribution in [1.29, 1.82) is 0 Å². The molecule has 0 unspecified atom stereocenters. The lowest BCUT2D eigenvalue weighted by Crippen LogP contribution is -2.07. The zero-order chi connectivity index (χ0) is 10.1. The first kappa shape index (κ1) is 8.74. The summed E-state index contributed by atoms with van der Waals surface area (Å²) < 4.78 is 5.00. The molecule has 0 spiro atoms. The summed E-state index contributed by atoms with van der Waals surface area (Å²) in [6, 6.07) is 3.54. The predicted molar refractivity (Wildman–Crippen MR) is 52.0 cm³/mol. The number of aromatic amines is 1. The summed E-state index contributed by atoms with van der Waals surface area (Å²) in [5.74, 6) is 0.666. The quantitative estimate of drug-likeness (QED) is 0.743. The first-order chi connectivity index (χ1) is 6.70. The Bertz CT molecular complexity index is 491. The topological polar surface area (TPSA) is 58.9 Å². The highest BCUT2D eigenvalue weighted by atomic mass is 16.5. The van der Waals surface area contributed by atoms with Crippen molar-refractivity contribution in [2.75, 3.05) is 0 Å². The number of rotatable bonds is 1. The van der Waals surface area contributed by atoms with E-state index < -0.39 is 0 Å². The maximum absolute atomic E-state index is 11.5. The zero-order valence-corrected chi connectivity index (χ0v) is 8.00. The van der Waals surface area contributed by atoms with Crippen molar-refractivity contribution in [3.8, 4) is 11.1 Å². The molecule has 0 aromatic carbocycles.